The number of rotatable bonds is 4. The summed E-state index contributed by atoms with van der Waals surface area (Å²) in [5.74, 6) is 0.643. The lowest BCUT2D eigenvalue weighted by molar-refractivity contribution is 0.0965. The molecule has 26 heavy (non-hydrogen) atoms. The number of amides is 1. The first-order valence-corrected chi connectivity index (χ1v) is 9.84. The number of carbonyl (C=O) groups is 1. The minimum absolute atomic E-state index is 0.0701. The lowest BCUT2D eigenvalue weighted by Gasteiger charge is -2.33. The molecule has 0 radical (unpaired) electrons. The molecule has 3 heterocycles. The van der Waals surface area contributed by atoms with Crippen molar-refractivity contribution >= 4 is 23.1 Å². The fourth-order valence-electron chi connectivity index (χ4n) is 3.41. The quantitative estimate of drug-likeness (QED) is 0.645. The van der Waals surface area contributed by atoms with Crippen LogP contribution in [0, 0.1) is 6.92 Å². The van der Waals surface area contributed by atoms with E-state index in [1.165, 1.54) is 17.8 Å². The van der Waals surface area contributed by atoms with E-state index in [1.54, 1.807) is 12.5 Å². The van der Waals surface area contributed by atoms with Gasteiger partial charge in [0.15, 0.2) is 0 Å². The van der Waals surface area contributed by atoms with Gasteiger partial charge in [0.05, 0.1) is 6.26 Å². The van der Waals surface area contributed by atoms with Crippen LogP contribution in [0.2, 0.25) is 0 Å². The first kappa shape index (κ1) is 17.0. The molecule has 0 aromatic carbocycles. The van der Waals surface area contributed by atoms with Crippen molar-refractivity contribution < 1.29 is 9.21 Å². The fraction of sp³-hybridized carbons (Fsp3) is 0.350. The summed E-state index contributed by atoms with van der Waals surface area (Å²) in [5, 5.41) is 2.62. The van der Waals surface area contributed by atoms with Crippen LogP contribution in [0.5, 0.6) is 0 Å². The van der Waals surface area contributed by atoms with Gasteiger partial charge in [-0.15, -0.1) is 11.3 Å². The predicted octanol–water partition coefficient (Wildman–Crippen LogP) is 5.09. The molecule has 6 heteroatoms. The van der Waals surface area contributed by atoms with Crippen molar-refractivity contribution in [2.75, 3.05) is 4.90 Å². The number of hydrogen-bond donors (Lipinski definition) is 0. The van der Waals surface area contributed by atoms with Crippen molar-refractivity contribution in [1.82, 2.24) is 9.97 Å². The number of hydrogen-bond acceptors (Lipinski definition) is 5. The molecule has 1 saturated carbocycles. The van der Waals surface area contributed by atoms with Crippen LogP contribution in [-0.2, 0) is 0 Å². The van der Waals surface area contributed by atoms with Crippen LogP contribution in [0.4, 0.5) is 5.82 Å². The van der Waals surface area contributed by atoms with E-state index >= 15 is 0 Å². The molecule has 0 atom stereocenters. The van der Waals surface area contributed by atoms with Gasteiger partial charge in [-0.1, -0.05) is 25.3 Å². The predicted molar refractivity (Wildman–Crippen MR) is 102 cm³/mol. The monoisotopic (exact) mass is 367 g/mol. The van der Waals surface area contributed by atoms with Gasteiger partial charge >= 0.3 is 0 Å². The Labute approximate surface area is 156 Å². The van der Waals surface area contributed by atoms with Gasteiger partial charge in [-0.3, -0.25) is 9.69 Å². The maximum Gasteiger partial charge on any atom is 0.279 e. The molecule has 1 aliphatic rings. The van der Waals surface area contributed by atoms with Crippen LogP contribution < -0.4 is 4.90 Å². The highest BCUT2D eigenvalue weighted by atomic mass is 32.1. The third-order valence-corrected chi connectivity index (χ3v) is 5.68. The molecule has 0 unspecified atom stereocenters. The minimum atomic E-state index is -0.0701. The van der Waals surface area contributed by atoms with E-state index < -0.39 is 0 Å². The molecule has 134 valence electrons. The summed E-state index contributed by atoms with van der Waals surface area (Å²) in [4.78, 5) is 24.2. The number of thiazole rings is 1. The van der Waals surface area contributed by atoms with Crippen LogP contribution in [-0.4, -0.2) is 21.9 Å². The van der Waals surface area contributed by atoms with Gasteiger partial charge in [0.25, 0.3) is 5.91 Å². The van der Waals surface area contributed by atoms with Crippen LogP contribution in [0.1, 0.15) is 48.2 Å². The summed E-state index contributed by atoms with van der Waals surface area (Å²) in [6.07, 6.45) is 10.6. The summed E-state index contributed by atoms with van der Waals surface area (Å²) < 4.78 is 5.12. The standard InChI is InChI=1S/C20H21N3O2S/c1-14-7-8-18(21-11-14)23(16-5-3-2-4-6-16)20(24)17-13-26-19(22-17)15-9-10-25-12-15/h7-13,16H,2-6H2,1H3. The van der Waals surface area contributed by atoms with Gasteiger partial charge in [-0.2, -0.15) is 0 Å². The Balaban J connectivity index is 1.66. The Morgan fingerprint density at radius 2 is 2.08 bits per heavy atom. The Bertz CT molecular complexity index is 865. The molecular weight excluding hydrogens is 346 g/mol. The van der Waals surface area contributed by atoms with Gasteiger partial charge in [0.2, 0.25) is 0 Å². The second-order valence-corrected chi connectivity index (χ2v) is 7.57. The van der Waals surface area contributed by atoms with Crippen molar-refractivity contribution in [2.45, 2.75) is 45.1 Å². The molecular formula is C20H21N3O2S. The van der Waals surface area contributed by atoms with Crippen LogP contribution >= 0.6 is 11.3 Å². The highest BCUT2D eigenvalue weighted by molar-refractivity contribution is 7.13. The molecule has 0 aliphatic heterocycles. The topological polar surface area (TPSA) is 59.2 Å². The molecule has 1 aliphatic carbocycles. The molecule has 0 N–H and O–H groups in total. The van der Waals surface area contributed by atoms with Crippen LogP contribution in [0.3, 0.4) is 0 Å². The summed E-state index contributed by atoms with van der Waals surface area (Å²) in [7, 11) is 0. The summed E-state index contributed by atoms with van der Waals surface area (Å²) in [6.45, 7) is 2.00. The zero-order valence-electron chi connectivity index (χ0n) is 14.7. The molecule has 0 saturated heterocycles. The number of anilines is 1. The highest BCUT2D eigenvalue weighted by Crippen LogP contribution is 2.30. The number of carbonyl (C=O) groups excluding carboxylic acids is 1. The van der Waals surface area contributed by atoms with Gasteiger partial charge < -0.3 is 4.42 Å². The minimum Gasteiger partial charge on any atom is -0.472 e. The normalized spacial score (nSPS) is 15.1. The van der Waals surface area contributed by atoms with Gasteiger partial charge in [0, 0.05) is 23.2 Å². The van der Waals surface area contributed by atoms with E-state index in [4.69, 9.17) is 4.42 Å². The van der Waals surface area contributed by atoms with Crippen molar-refractivity contribution in [1.29, 1.82) is 0 Å². The number of aryl methyl sites for hydroxylation is 1. The van der Waals surface area contributed by atoms with Crippen molar-refractivity contribution in [3.8, 4) is 10.6 Å². The molecule has 3 aromatic rings. The van der Waals surface area contributed by atoms with E-state index in [0.717, 1.165) is 41.8 Å². The van der Waals surface area contributed by atoms with E-state index in [2.05, 4.69) is 9.97 Å². The zero-order chi connectivity index (χ0) is 17.9. The second kappa shape index (κ2) is 7.41. The zero-order valence-corrected chi connectivity index (χ0v) is 15.5. The molecule has 1 amide bonds. The average molecular weight is 367 g/mol. The molecule has 4 rings (SSSR count). The number of nitrogens with zero attached hydrogens (tertiary/aromatic N) is 3. The molecule has 0 bridgehead atoms. The van der Waals surface area contributed by atoms with E-state index in [0.29, 0.717) is 11.5 Å². The Hall–Kier alpha value is -2.47. The maximum atomic E-state index is 13.3. The second-order valence-electron chi connectivity index (χ2n) is 6.71. The Morgan fingerprint density at radius 3 is 2.77 bits per heavy atom. The molecule has 5 nitrogen and oxygen atoms in total. The van der Waals surface area contributed by atoms with Gasteiger partial charge in [-0.05, 0) is 37.5 Å². The third-order valence-electron chi connectivity index (χ3n) is 4.79. The summed E-state index contributed by atoms with van der Waals surface area (Å²) in [6, 6.07) is 5.98. The van der Waals surface area contributed by atoms with Crippen molar-refractivity contribution in [2.24, 2.45) is 0 Å². The van der Waals surface area contributed by atoms with Crippen molar-refractivity contribution in [3.63, 3.8) is 0 Å². The Morgan fingerprint density at radius 1 is 1.23 bits per heavy atom. The average Bonchev–Trinajstić information content (AvgIpc) is 3.36. The Kier molecular flexibility index (Phi) is 4.84. The van der Waals surface area contributed by atoms with E-state index in [-0.39, 0.29) is 11.9 Å². The third kappa shape index (κ3) is 3.42. The van der Waals surface area contributed by atoms with Crippen LogP contribution in [0.25, 0.3) is 10.6 Å². The molecule has 1 fully saturated rings. The van der Waals surface area contributed by atoms with Crippen LogP contribution in [0.15, 0.2) is 46.7 Å². The number of furan rings is 1. The van der Waals surface area contributed by atoms with Gasteiger partial charge in [0.1, 0.15) is 22.8 Å². The number of pyridine rings is 1. The SMILES string of the molecule is Cc1ccc(N(C(=O)c2csc(-c3ccoc3)n2)C2CCCCC2)nc1. The number of aromatic nitrogens is 2. The first-order valence-electron chi connectivity index (χ1n) is 8.97. The highest BCUT2D eigenvalue weighted by Gasteiger charge is 2.30. The summed E-state index contributed by atoms with van der Waals surface area (Å²) in [5.41, 5.74) is 2.45. The van der Waals surface area contributed by atoms with E-state index in [1.807, 2.05) is 41.6 Å². The van der Waals surface area contributed by atoms with Crippen molar-refractivity contribution in [3.05, 3.63) is 53.6 Å². The smallest absolute Gasteiger partial charge is 0.279 e. The maximum absolute atomic E-state index is 13.3. The molecule has 0 spiro atoms. The summed E-state index contributed by atoms with van der Waals surface area (Å²) >= 11 is 1.46. The largest absolute Gasteiger partial charge is 0.472 e. The lowest BCUT2D eigenvalue weighted by atomic mass is 9.94. The van der Waals surface area contributed by atoms with E-state index in [9.17, 15) is 4.79 Å². The van der Waals surface area contributed by atoms with Gasteiger partial charge in [-0.25, -0.2) is 9.97 Å². The lowest BCUT2D eigenvalue weighted by Crippen LogP contribution is -2.42. The molecule has 3 aromatic heterocycles. The fourth-order valence-corrected chi connectivity index (χ4v) is 4.19. The first-order chi connectivity index (χ1) is 12.7.